The zero-order valence-corrected chi connectivity index (χ0v) is 16.2. The molecule has 1 heterocycles. The smallest absolute Gasteiger partial charge is 0.411 e. The van der Waals surface area contributed by atoms with Crippen molar-refractivity contribution in [2.75, 3.05) is 6.54 Å². The molecule has 0 saturated carbocycles. The van der Waals surface area contributed by atoms with E-state index in [9.17, 15) is 9.18 Å². The average molecular weight is 418 g/mol. The van der Waals surface area contributed by atoms with Crippen LogP contribution in [0.15, 0.2) is 65.7 Å². The summed E-state index contributed by atoms with van der Waals surface area (Å²) in [5.74, 6) is -0.310. The molecule has 3 nitrogen and oxygen atoms in total. The summed E-state index contributed by atoms with van der Waals surface area (Å²) in [5, 5.41) is 0. The lowest BCUT2D eigenvalue weighted by Crippen LogP contribution is -2.48. The lowest BCUT2D eigenvalue weighted by molar-refractivity contribution is -0.0588. The van der Waals surface area contributed by atoms with Crippen LogP contribution < -0.4 is 0 Å². The van der Waals surface area contributed by atoms with Crippen molar-refractivity contribution in [3.05, 3.63) is 82.6 Å². The molecule has 0 radical (unpaired) electrons. The molecule has 5 heteroatoms. The van der Waals surface area contributed by atoms with Crippen LogP contribution in [0.1, 0.15) is 36.9 Å². The summed E-state index contributed by atoms with van der Waals surface area (Å²) < 4.78 is 20.2. The minimum Gasteiger partial charge on any atom is -0.437 e. The van der Waals surface area contributed by atoms with Gasteiger partial charge in [-0.25, -0.2) is 9.18 Å². The van der Waals surface area contributed by atoms with Crippen LogP contribution in [0.5, 0.6) is 0 Å². The fourth-order valence-corrected chi connectivity index (χ4v) is 3.66. The van der Waals surface area contributed by atoms with Crippen molar-refractivity contribution in [3.8, 4) is 0 Å². The van der Waals surface area contributed by atoms with Crippen LogP contribution in [0.4, 0.5) is 9.18 Å². The highest BCUT2D eigenvalue weighted by molar-refractivity contribution is 9.10. The molecule has 2 atom stereocenters. The molecule has 1 amide bonds. The molecule has 0 bridgehead atoms. The predicted molar refractivity (Wildman–Crippen MR) is 103 cm³/mol. The van der Waals surface area contributed by atoms with Gasteiger partial charge in [-0.1, -0.05) is 46.3 Å². The Balaban J connectivity index is 1.83. The summed E-state index contributed by atoms with van der Waals surface area (Å²) >= 11 is 3.42. The Morgan fingerprint density at radius 3 is 2.50 bits per heavy atom. The third-order valence-corrected chi connectivity index (χ3v) is 5.47. The standard InChI is InChI=1S/C21H21BrFNO2/c1-3-12-21(17-6-10-19(23)11-7-17)13-14-24(20(25)26-21)15(2)16-4-8-18(22)9-5-16/h3-11,15H,1,12-14H2,2H3/t15?,21-/m1/s1. The fraction of sp³-hybridized carbons (Fsp3) is 0.286. The summed E-state index contributed by atoms with van der Waals surface area (Å²) in [5.41, 5.74) is 1.05. The topological polar surface area (TPSA) is 29.5 Å². The van der Waals surface area contributed by atoms with E-state index in [1.807, 2.05) is 31.2 Å². The van der Waals surface area contributed by atoms with Gasteiger partial charge in [0.1, 0.15) is 11.4 Å². The van der Waals surface area contributed by atoms with Gasteiger partial charge in [-0.15, -0.1) is 6.58 Å². The maximum atomic E-state index is 13.3. The second-order valence-electron chi connectivity index (χ2n) is 6.53. The van der Waals surface area contributed by atoms with Crippen molar-refractivity contribution in [3.63, 3.8) is 0 Å². The molecule has 26 heavy (non-hydrogen) atoms. The molecule has 1 fully saturated rings. The minimum absolute atomic E-state index is 0.0921. The minimum atomic E-state index is -0.789. The van der Waals surface area contributed by atoms with Gasteiger partial charge in [-0.05, 0) is 42.3 Å². The number of carbonyl (C=O) groups excluding carboxylic acids is 1. The van der Waals surface area contributed by atoms with Crippen molar-refractivity contribution in [1.82, 2.24) is 4.90 Å². The number of amides is 1. The Kier molecular flexibility index (Phi) is 5.47. The number of benzene rings is 2. The Morgan fingerprint density at radius 1 is 1.27 bits per heavy atom. The van der Waals surface area contributed by atoms with Gasteiger partial charge in [0, 0.05) is 23.9 Å². The van der Waals surface area contributed by atoms with Crippen molar-refractivity contribution in [1.29, 1.82) is 0 Å². The molecule has 0 spiro atoms. The number of carbonyl (C=O) groups is 1. The third-order valence-electron chi connectivity index (χ3n) is 4.94. The van der Waals surface area contributed by atoms with E-state index >= 15 is 0 Å². The number of cyclic esters (lactones) is 1. The van der Waals surface area contributed by atoms with Crippen molar-refractivity contribution < 1.29 is 13.9 Å². The lowest BCUT2D eigenvalue weighted by Gasteiger charge is -2.43. The van der Waals surface area contributed by atoms with Crippen LogP contribution in [0.25, 0.3) is 0 Å². The van der Waals surface area contributed by atoms with Gasteiger partial charge >= 0.3 is 6.09 Å². The van der Waals surface area contributed by atoms with E-state index in [1.54, 1.807) is 23.1 Å². The number of nitrogens with zero attached hydrogens (tertiary/aromatic N) is 1. The molecule has 0 N–H and O–H groups in total. The molecule has 3 rings (SSSR count). The van der Waals surface area contributed by atoms with Gasteiger partial charge < -0.3 is 9.64 Å². The van der Waals surface area contributed by atoms with Gasteiger partial charge in [0.15, 0.2) is 0 Å². The summed E-state index contributed by atoms with van der Waals surface area (Å²) in [7, 11) is 0. The monoisotopic (exact) mass is 417 g/mol. The molecular formula is C21H21BrFNO2. The fourth-order valence-electron chi connectivity index (χ4n) is 3.39. The Hall–Kier alpha value is -2.14. The molecule has 2 aromatic carbocycles. The molecular weight excluding hydrogens is 397 g/mol. The number of hydrogen-bond acceptors (Lipinski definition) is 2. The van der Waals surface area contributed by atoms with E-state index in [2.05, 4.69) is 22.5 Å². The van der Waals surface area contributed by atoms with Crippen molar-refractivity contribution in [2.45, 2.75) is 31.4 Å². The van der Waals surface area contributed by atoms with E-state index in [1.165, 1.54) is 12.1 Å². The average Bonchev–Trinajstić information content (AvgIpc) is 2.63. The van der Waals surface area contributed by atoms with E-state index in [0.29, 0.717) is 19.4 Å². The first kappa shape index (κ1) is 18.6. The van der Waals surface area contributed by atoms with Gasteiger partial charge in [-0.3, -0.25) is 0 Å². The maximum Gasteiger partial charge on any atom is 0.411 e. The molecule has 1 unspecified atom stereocenters. The number of rotatable bonds is 5. The van der Waals surface area contributed by atoms with Crippen LogP contribution in [0.3, 0.4) is 0 Å². The van der Waals surface area contributed by atoms with Gasteiger partial charge in [-0.2, -0.15) is 0 Å². The Labute approximate surface area is 161 Å². The Bertz CT molecular complexity index is 791. The molecule has 1 saturated heterocycles. The second-order valence-corrected chi connectivity index (χ2v) is 7.45. The number of hydrogen-bond donors (Lipinski definition) is 0. The van der Waals surface area contributed by atoms with Crippen LogP contribution in [-0.2, 0) is 10.3 Å². The maximum absolute atomic E-state index is 13.3. The van der Waals surface area contributed by atoms with Crippen LogP contribution >= 0.6 is 15.9 Å². The van der Waals surface area contributed by atoms with E-state index in [-0.39, 0.29) is 18.0 Å². The largest absolute Gasteiger partial charge is 0.437 e. The molecule has 1 aliphatic rings. The van der Waals surface area contributed by atoms with Crippen LogP contribution in [0.2, 0.25) is 0 Å². The zero-order chi connectivity index (χ0) is 18.7. The lowest BCUT2D eigenvalue weighted by atomic mass is 9.85. The molecule has 0 aliphatic carbocycles. The van der Waals surface area contributed by atoms with Crippen molar-refractivity contribution >= 4 is 22.0 Å². The van der Waals surface area contributed by atoms with Gasteiger partial charge in [0.25, 0.3) is 0 Å². The zero-order valence-electron chi connectivity index (χ0n) is 14.6. The van der Waals surface area contributed by atoms with Gasteiger partial charge in [0.2, 0.25) is 0 Å². The molecule has 0 aromatic heterocycles. The Morgan fingerprint density at radius 2 is 1.92 bits per heavy atom. The quantitative estimate of drug-likeness (QED) is 0.561. The number of ether oxygens (including phenoxy) is 1. The summed E-state index contributed by atoms with van der Waals surface area (Å²) in [6, 6.07) is 14.0. The predicted octanol–water partition coefficient (Wildman–Crippen LogP) is 5.96. The SMILES string of the molecule is C=CC[C@]1(c2ccc(F)cc2)CCN(C(C)c2ccc(Br)cc2)C(=O)O1. The second kappa shape index (κ2) is 7.62. The normalized spacial score (nSPS) is 21.2. The first-order chi connectivity index (χ1) is 12.4. The highest BCUT2D eigenvalue weighted by atomic mass is 79.9. The summed E-state index contributed by atoms with van der Waals surface area (Å²) in [6.07, 6.45) is 2.49. The summed E-state index contributed by atoms with van der Waals surface area (Å²) in [6.45, 7) is 6.34. The first-order valence-electron chi connectivity index (χ1n) is 8.57. The third kappa shape index (κ3) is 3.68. The number of halogens is 2. The van der Waals surface area contributed by atoms with E-state index < -0.39 is 5.60 Å². The highest BCUT2D eigenvalue weighted by Gasteiger charge is 2.42. The van der Waals surface area contributed by atoms with Crippen LogP contribution in [-0.4, -0.2) is 17.5 Å². The van der Waals surface area contributed by atoms with E-state index in [4.69, 9.17) is 4.74 Å². The molecule has 136 valence electrons. The first-order valence-corrected chi connectivity index (χ1v) is 9.36. The molecule has 1 aliphatic heterocycles. The molecule has 2 aromatic rings. The summed E-state index contributed by atoms with van der Waals surface area (Å²) in [4.78, 5) is 14.5. The van der Waals surface area contributed by atoms with E-state index in [0.717, 1.165) is 15.6 Å². The van der Waals surface area contributed by atoms with Crippen LogP contribution in [0, 0.1) is 5.82 Å². The van der Waals surface area contributed by atoms with Crippen molar-refractivity contribution in [2.24, 2.45) is 0 Å². The van der Waals surface area contributed by atoms with Gasteiger partial charge in [0.05, 0.1) is 6.04 Å². The highest BCUT2D eigenvalue weighted by Crippen LogP contribution is 2.39.